The summed E-state index contributed by atoms with van der Waals surface area (Å²) >= 11 is 0. The fourth-order valence-electron chi connectivity index (χ4n) is 1.95. The van der Waals surface area contributed by atoms with Crippen molar-refractivity contribution in [3.8, 4) is 11.5 Å². The summed E-state index contributed by atoms with van der Waals surface area (Å²) in [6, 6.07) is 3.51. The van der Waals surface area contributed by atoms with E-state index in [1.165, 1.54) is 0 Å². The van der Waals surface area contributed by atoms with Crippen molar-refractivity contribution in [2.45, 2.75) is 19.4 Å². The van der Waals surface area contributed by atoms with Crippen molar-refractivity contribution in [2.75, 3.05) is 6.79 Å². The van der Waals surface area contributed by atoms with Gasteiger partial charge in [0.25, 0.3) is 0 Å². The first-order valence-electron chi connectivity index (χ1n) is 4.75. The van der Waals surface area contributed by atoms with Crippen molar-refractivity contribution >= 4 is 5.97 Å². The lowest BCUT2D eigenvalue weighted by Gasteiger charge is -2.17. The molecule has 15 heavy (non-hydrogen) atoms. The lowest BCUT2D eigenvalue weighted by atomic mass is 9.95. The first-order chi connectivity index (χ1) is 7.08. The second-order valence-corrected chi connectivity index (χ2v) is 4.15. The average molecular weight is 206 g/mol. The van der Waals surface area contributed by atoms with Gasteiger partial charge in [0.15, 0.2) is 11.5 Å². The van der Waals surface area contributed by atoms with E-state index in [4.69, 9.17) is 14.2 Å². The fraction of sp³-hybridized carbons (Fsp3) is 0.364. The summed E-state index contributed by atoms with van der Waals surface area (Å²) in [5.74, 6) is 0.997. The van der Waals surface area contributed by atoms with Gasteiger partial charge in [-0.25, -0.2) is 4.79 Å². The maximum absolute atomic E-state index is 11.6. The molecule has 3 rings (SSSR count). The first-order valence-corrected chi connectivity index (χ1v) is 4.75. The summed E-state index contributed by atoms with van der Waals surface area (Å²) < 4.78 is 15.7. The molecule has 0 amide bonds. The molecule has 0 N–H and O–H groups in total. The lowest BCUT2D eigenvalue weighted by Crippen LogP contribution is -2.15. The SMILES string of the molecule is CC1(C)OC(=O)c2cc3c(cc21)OCO3. The highest BCUT2D eigenvalue weighted by atomic mass is 16.7. The number of benzene rings is 1. The summed E-state index contributed by atoms with van der Waals surface area (Å²) in [7, 11) is 0. The zero-order valence-electron chi connectivity index (χ0n) is 8.49. The van der Waals surface area contributed by atoms with Crippen molar-refractivity contribution in [3.63, 3.8) is 0 Å². The third-order valence-electron chi connectivity index (χ3n) is 2.73. The molecule has 0 atom stereocenters. The molecule has 0 fully saturated rings. The van der Waals surface area contributed by atoms with E-state index < -0.39 is 5.60 Å². The minimum absolute atomic E-state index is 0.216. The Kier molecular flexibility index (Phi) is 1.40. The molecular formula is C11H10O4. The highest BCUT2D eigenvalue weighted by Gasteiger charge is 2.39. The summed E-state index contributed by atoms with van der Waals surface area (Å²) in [4.78, 5) is 11.6. The van der Waals surface area contributed by atoms with E-state index in [1.807, 2.05) is 19.9 Å². The number of fused-ring (bicyclic) bond motifs is 2. The molecule has 0 saturated carbocycles. The molecule has 78 valence electrons. The van der Waals surface area contributed by atoms with Crippen LogP contribution in [0.5, 0.6) is 11.5 Å². The highest BCUT2D eigenvalue weighted by Crippen LogP contribution is 2.43. The van der Waals surface area contributed by atoms with E-state index in [2.05, 4.69) is 0 Å². The second kappa shape index (κ2) is 2.45. The maximum atomic E-state index is 11.6. The predicted octanol–water partition coefficient (Wildman–Crippen LogP) is 1.82. The lowest BCUT2D eigenvalue weighted by molar-refractivity contribution is 0.00943. The molecule has 0 bridgehead atoms. The van der Waals surface area contributed by atoms with Crippen molar-refractivity contribution in [1.29, 1.82) is 0 Å². The van der Waals surface area contributed by atoms with Gasteiger partial charge in [-0.2, -0.15) is 0 Å². The van der Waals surface area contributed by atoms with Crippen LogP contribution in [-0.2, 0) is 10.3 Å². The highest BCUT2D eigenvalue weighted by molar-refractivity contribution is 5.95. The van der Waals surface area contributed by atoms with E-state index >= 15 is 0 Å². The van der Waals surface area contributed by atoms with Crippen LogP contribution in [0.3, 0.4) is 0 Å². The Bertz CT molecular complexity index is 462. The minimum Gasteiger partial charge on any atom is -0.454 e. The molecule has 2 aliphatic heterocycles. The topological polar surface area (TPSA) is 44.8 Å². The number of cyclic esters (lactones) is 1. The molecule has 0 aliphatic carbocycles. The fourth-order valence-corrected chi connectivity index (χ4v) is 1.95. The molecule has 4 heteroatoms. The monoisotopic (exact) mass is 206 g/mol. The van der Waals surface area contributed by atoms with Gasteiger partial charge in [-0.3, -0.25) is 0 Å². The Labute approximate surface area is 86.7 Å². The summed E-state index contributed by atoms with van der Waals surface area (Å²) in [6.07, 6.45) is 0. The van der Waals surface area contributed by atoms with Crippen LogP contribution in [0.15, 0.2) is 12.1 Å². The summed E-state index contributed by atoms with van der Waals surface area (Å²) in [5, 5.41) is 0. The number of ether oxygens (including phenoxy) is 3. The molecule has 1 aromatic rings. The largest absolute Gasteiger partial charge is 0.454 e. The van der Waals surface area contributed by atoms with Crippen LogP contribution in [0.2, 0.25) is 0 Å². The van der Waals surface area contributed by atoms with Gasteiger partial charge in [0, 0.05) is 5.56 Å². The second-order valence-electron chi connectivity index (χ2n) is 4.15. The van der Waals surface area contributed by atoms with Crippen LogP contribution >= 0.6 is 0 Å². The van der Waals surface area contributed by atoms with Crippen LogP contribution in [0.4, 0.5) is 0 Å². The van der Waals surface area contributed by atoms with Crippen LogP contribution < -0.4 is 9.47 Å². The normalized spacial score (nSPS) is 20.0. The Morgan fingerprint density at radius 2 is 1.87 bits per heavy atom. The van der Waals surface area contributed by atoms with Crippen LogP contribution in [0, 0.1) is 0 Å². The standard InChI is InChI=1S/C11H10O4/c1-11(2)7-4-9-8(13-5-14-9)3-6(7)10(12)15-11/h3-4H,5H2,1-2H3. The van der Waals surface area contributed by atoms with E-state index in [9.17, 15) is 4.79 Å². The number of carbonyl (C=O) groups excluding carboxylic acids is 1. The number of rotatable bonds is 0. The Morgan fingerprint density at radius 1 is 1.20 bits per heavy atom. The minimum atomic E-state index is -0.576. The van der Waals surface area contributed by atoms with Gasteiger partial charge in [0.05, 0.1) is 5.56 Å². The maximum Gasteiger partial charge on any atom is 0.339 e. The number of esters is 1. The predicted molar refractivity (Wildman–Crippen MR) is 51.0 cm³/mol. The van der Waals surface area contributed by atoms with Gasteiger partial charge in [-0.05, 0) is 26.0 Å². The number of hydrogen-bond donors (Lipinski definition) is 0. The first kappa shape index (κ1) is 8.59. The van der Waals surface area contributed by atoms with Crippen molar-refractivity contribution in [2.24, 2.45) is 0 Å². The van der Waals surface area contributed by atoms with E-state index in [0.29, 0.717) is 17.1 Å². The van der Waals surface area contributed by atoms with E-state index in [0.717, 1.165) is 5.56 Å². The Morgan fingerprint density at radius 3 is 2.60 bits per heavy atom. The Hall–Kier alpha value is -1.71. The summed E-state index contributed by atoms with van der Waals surface area (Å²) in [6.45, 7) is 3.94. The Balaban J connectivity index is 2.25. The van der Waals surface area contributed by atoms with E-state index in [-0.39, 0.29) is 12.8 Å². The molecule has 4 nitrogen and oxygen atoms in total. The zero-order chi connectivity index (χ0) is 10.6. The molecule has 0 radical (unpaired) electrons. The number of hydrogen-bond acceptors (Lipinski definition) is 4. The zero-order valence-corrected chi connectivity index (χ0v) is 8.49. The summed E-state index contributed by atoms with van der Waals surface area (Å²) in [5.41, 5.74) is 0.855. The third kappa shape index (κ3) is 1.04. The van der Waals surface area contributed by atoms with Crippen molar-refractivity contribution in [1.82, 2.24) is 0 Å². The molecule has 0 unspecified atom stereocenters. The van der Waals surface area contributed by atoms with Gasteiger partial charge in [-0.1, -0.05) is 0 Å². The van der Waals surface area contributed by atoms with Crippen molar-refractivity contribution < 1.29 is 19.0 Å². The van der Waals surface area contributed by atoms with Gasteiger partial charge < -0.3 is 14.2 Å². The van der Waals surface area contributed by atoms with Crippen LogP contribution in [0.1, 0.15) is 29.8 Å². The molecule has 2 heterocycles. The molecule has 0 spiro atoms. The molecule has 2 aliphatic rings. The quantitative estimate of drug-likeness (QED) is 0.607. The van der Waals surface area contributed by atoms with Gasteiger partial charge in [-0.15, -0.1) is 0 Å². The van der Waals surface area contributed by atoms with Crippen LogP contribution in [-0.4, -0.2) is 12.8 Å². The molecule has 0 saturated heterocycles. The van der Waals surface area contributed by atoms with Gasteiger partial charge >= 0.3 is 5.97 Å². The molecular weight excluding hydrogens is 196 g/mol. The van der Waals surface area contributed by atoms with E-state index in [1.54, 1.807) is 6.07 Å². The van der Waals surface area contributed by atoms with Gasteiger partial charge in [0.2, 0.25) is 6.79 Å². The van der Waals surface area contributed by atoms with Crippen molar-refractivity contribution in [3.05, 3.63) is 23.3 Å². The smallest absolute Gasteiger partial charge is 0.339 e. The van der Waals surface area contributed by atoms with Gasteiger partial charge in [0.1, 0.15) is 5.60 Å². The average Bonchev–Trinajstić information content (AvgIpc) is 2.68. The number of carbonyl (C=O) groups is 1. The van der Waals surface area contributed by atoms with Crippen LogP contribution in [0.25, 0.3) is 0 Å². The molecule has 1 aromatic carbocycles. The third-order valence-corrected chi connectivity index (χ3v) is 2.73. The molecule has 0 aromatic heterocycles.